The number of ether oxygens (including phenoxy) is 1. The summed E-state index contributed by atoms with van der Waals surface area (Å²) in [6.07, 6.45) is 0. The molecule has 0 saturated carbocycles. The lowest BCUT2D eigenvalue weighted by atomic mass is 10.2. The first-order valence-electron chi connectivity index (χ1n) is 5.95. The minimum absolute atomic E-state index is 0.129. The van der Waals surface area contributed by atoms with Gasteiger partial charge in [0.15, 0.2) is 11.6 Å². The van der Waals surface area contributed by atoms with E-state index >= 15 is 0 Å². The van der Waals surface area contributed by atoms with Crippen molar-refractivity contribution in [3.05, 3.63) is 64.4 Å². The molecule has 102 valence electrons. The Morgan fingerprint density at radius 2 is 1.90 bits per heavy atom. The molecule has 2 aromatic carbocycles. The second-order valence-corrected chi connectivity index (χ2v) is 4.46. The predicted octanol–water partition coefficient (Wildman–Crippen LogP) is 3.40. The Morgan fingerprint density at radius 1 is 1.15 bits per heavy atom. The van der Waals surface area contributed by atoms with E-state index in [4.69, 9.17) is 21.4 Å². The van der Waals surface area contributed by atoms with Crippen molar-refractivity contribution in [1.82, 2.24) is 0 Å². The zero-order chi connectivity index (χ0) is 14.4. The van der Waals surface area contributed by atoms with Crippen LogP contribution in [0.3, 0.4) is 0 Å². The normalized spacial score (nSPS) is 9.75. The fourth-order valence-electron chi connectivity index (χ4n) is 1.58. The molecule has 0 aliphatic carbocycles. The summed E-state index contributed by atoms with van der Waals surface area (Å²) in [6.45, 7) is 0.00329. The molecular weight excluding hydrogens is 279 g/mol. The standard InChI is InChI=1S/C16H12ClFO2/c17-14-6-3-13(4-7-14)11-20-16-10-12(2-1-9-19)5-8-15(16)18/h3-8,10,19H,9,11H2. The molecule has 1 N–H and O–H groups in total. The zero-order valence-corrected chi connectivity index (χ0v) is 11.3. The first-order valence-corrected chi connectivity index (χ1v) is 6.33. The third-order valence-corrected chi connectivity index (χ3v) is 2.80. The van der Waals surface area contributed by atoms with Crippen LogP contribution in [0.15, 0.2) is 42.5 Å². The molecule has 0 unspecified atom stereocenters. The lowest BCUT2D eigenvalue weighted by molar-refractivity contribution is 0.290. The Kier molecular flexibility index (Phi) is 5.00. The van der Waals surface area contributed by atoms with E-state index in [0.29, 0.717) is 10.6 Å². The van der Waals surface area contributed by atoms with Gasteiger partial charge in [-0.1, -0.05) is 35.6 Å². The molecule has 2 aromatic rings. The van der Waals surface area contributed by atoms with Crippen molar-refractivity contribution in [2.45, 2.75) is 6.61 Å². The van der Waals surface area contributed by atoms with Gasteiger partial charge in [-0.05, 0) is 35.9 Å². The maximum absolute atomic E-state index is 13.6. The Bertz CT molecular complexity index is 642. The summed E-state index contributed by atoms with van der Waals surface area (Å²) in [7, 11) is 0. The molecule has 2 nitrogen and oxygen atoms in total. The lowest BCUT2D eigenvalue weighted by Gasteiger charge is -2.08. The summed E-state index contributed by atoms with van der Waals surface area (Å²) in [4.78, 5) is 0. The smallest absolute Gasteiger partial charge is 0.165 e. The summed E-state index contributed by atoms with van der Waals surface area (Å²) in [5.41, 5.74) is 1.48. The Labute approximate surface area is 121 Å². The minimum Gasteiger partial charge on any atom is -0.486 e. The molecule has 0 aromatic heterocycles. The molecule has 4 heteroatoms. The van der Waals surface area contributed by atoms with Crippen LogP contribution in [0.2, 0.25) is 5.02 Å². The zero-order valence-electron chi connectivity index (χ0n) is 10.6. The van der Waals surface area contributed by atoms with E-state index in [1.807, 2.05) is 12.1 Å². The Balaban J connectivity index is 2.10. The Morgan fingerprint density at radius 3 is 2.60 bits per heavy atom. The van der Waals surface area contributed by atoms with Crippen molar-refractivity contribution in [2.24, 2.45) is 0 Å². The van der Waals surface area contributed by atoms with Gasteiger partial charge in [-0.25, -0.2) is 4.39 Å². The van der Waals surface area contributed by atoms with Crippen LogP contribution in [-0.4, -0.2) is 11.7 Å². The van der Waals surface area contributed by atoms with Gasteiger partial charge < -0.3 is 9.84 Å². The highest BCUT2D eigenvalue weighted by atomic mass is 35.5. The third-order valence-electron chi connectivity index (χ3n) is 2.55. The van der Waals surface area contributed by atoms with Gasteiger partial charge in [0.05, 0.1) is 0 Å². The quantitative estimate of drug-likeness (QED) is 0.878. The molecule has 0 aliphatic rings. The summed E-state index contributed by atoms with van der Waals surface area (Å²) in [6, 6.07) is 11.5. The van der Waals surface area contributed by atoms with E-state index in [1.165, 1.54) is 18.2 Å². The van der Waals surface area contributed by atoms with Gasteiger partial charge in [0.2, 0.25) is 0 Å². The van der Waals surface area contributed by atoms with E-state index in [2.05, 4.69) is 11.8 Å². The fraction of sp³-hybridized carbons (Fsp3) is 0.125. The van der Waals surface area contributed by atoms with E-state index in [1.54, 1.807) is 12.1 Å². The highest BCUT2D eigenvalue weighted by Gasteiger charge is 2.04. The van der Waals surface area contributed by atoms with E-state index in [9.17, 15) is 4.39 Å². The summed E-state index contributed by atoms with van der Waals surface area (Å²) in [5, 5.41) is 9.28. The van der Waals surface area contributed by atoms with Gasteiger partial charge in [0.1, 0.15) is 13.2 Å². The number of benzene rings is 2. The molecule has 0 heterocycles. The van der Waals surface area contributed by atoms with Gasteiger partial charge >= 0.3 is 0 Å². The Hall–Kier alpha value is -2.02. The topological polar surface area (TPSA) is 29.5 Å². The van der Waals surface area contributed by atoms with Crippen LogP contribution in [0.5, 0.6) is 5.75 Å². The van der Waals surface area contributed by atoms with Crippen LogP contribution < -0.4 is 4.74 Å². The first kappa shape index (κ1) is 14.4. The molecule has 0 bridgehead atoms. The van der Waals surface area contributed by atoms with E-state index in [0.717, 1.165) is 5.56 Å². The predicted molar refractivity (Wildman–Crippen MR) is 76.1 cm³/mol. The molecule has 0 radical (unpaired) electrons. The van der Waals surface area contributed by atoms with Gasteiger partial charge in [-0.2, -0.15) is 0 Å². The van der Waals surface area contributed by atoms with Crippen LogP contribution in [0.1, 0.15) is 11.1 Å². The largest absolute Gasteiger partial charge is 0.486 e. The number of hydrogen-bond acceptors (Lipinski definition) is 2. The van der Waals surface area contributed by atoms with Crippen molar-refractivity contribution in [3.63, 3.8) is 0 Å². The van der Waals surface area contributed by atoms with Gasteiger partial charge in [-0.3, -0.25) is 0 Å². The van der Waals surface area contributed by atoms with Gasteiger partial charge in [0.25, 0.3) is 0 Å². The number of hydrogen-bond donors (Lipinski definition) is 1. The second kappa shape index (κ2) is 6.95. The lowest BCUT2D eigenvalue weighted by Crippen LogP contribution is -1.97. The average molecular weight is 291 g/mol. The van der Waals surface area contributed by atoms with Crippen molar-refractivity contribution in [1.29, 1.82) is 0 Å². The average Bonchev–Trinajstić information content (AvgIpc) is 2.46. The number of halogens is 2. The van der Waals surface area contributed by atoms with Crippen LogP contribution in [0, 0.1) is 17.7 Å². The molecule has 0 fully saturated rings. The van der Waals surface area contributed by atoms with Gasteiger partial charge in [0, 0.05) is 10.6 Å². The molecule has 0 aliphatic heterocycles. The van der Waals surface area contributed by atoms with Crippen molar-refractivity contribution in [3.8, 4) is 17.6 Å². The van der Waals surface area contributed by atoms with Crippen LogP contribution in [0.25, 0.3) is 0 Å². The molecule has 20 heavy (non-hydrogen) atoms. The molecule has 2 rings (SSSR count). The molecule has 0 atom stereocenters. The van der Waals surface area contributed by atoms with Crippen LogP contribution in [-0.2, 0) is 6.61 Å². The molecule has 0 saturated heterocycles. The number of aliphatic hydroxyl groups excluding tert-OH is 1. The van der Waals surface area contributed by atoms with Gasteiger partial charge in [-0.15, -0.1) is 0 Å². The summed E-state index contributed by atoms with van der Waals surface area (Å²) in [5.74, 6) is 4.89. The monoisotopic (exact) mass is 290 g/mol. The highest BCUT2D eigenvalue weighted by molar-refractivity contribution is 6.30. The van der Waals surface area contributed by atoms with E-state index < -0.39 is 5.82 Å². The first-order chi connectivity index (χ1) is 9.69. The molecule has 0 spiro atoms. The number of rotatable bonds is 3. The minimum atomic E-state index is -0.450. The molecule has 0 amide bonds. The number of aliphatic hydroxyl groups is 1. The third kappa shape index (κ3) is 3.99. The second-order valence-electron chi connectivity index (χ2n) is 4.02. The fourth-order valence-corrected chi connectivity index (χ4v) is 1.70. The van der Waals surface area contributed by atoms with Crippen LogP contribution in [0.4, 0.5) is 4.39 Å². The maximum Gasteiger partial charge on any atom is 0.165 e. The van der Waals surface area contributed by atoms with Crippen LogP contribution >= 0.6 is 11.6 Å². The molecular formula is C16H12ClFO2. The van der Waals surface area contributed by atoms with Crippen molar-refractivity contribution in [2.75, 3.05) is 6.61 Å². The maximum atomic E-state index is 13.6. The SMILES string of the molecule is OCC#Cc1ccc(F)c(OCc2ccc(Cl)cc2)c1. The van der Waals surface area contributed by atoms with Crippen molar-refractivity contribution >= 4 is 11.6 Å². The summed E-state index contributed by atoms with van der Waals surface area (Å²) >= 11 is 5.79. The van der Waals surface area contributed by atoms with Crippen molar-refractivity contribution < 1.29 is 14.2 Å². The highest BCUT2D eigenvalue weighted by Crippen LogP contribution is 2.20. The summed E-state index contributed by atoms with van der Waals surface area (Å²) < 4.78 is 19.0. The van der Waals surface area contributed by atoms with E-state index in [-0.39, 0.29) is 19.0 Å².